The molecular weight excluding hydrogens is 216 g/mol. The first-order valence-electron chi connectivity index (χ1n) is 4.12. The Hall–Kier alpha value is -0.340. The van der Waals surface area contributed by atoms with Crippen molar-refractivity contribution in [2.45, 2.75) is 24.8 Å². The topological polar surface area (TPSA) is 20.2 Å². The van der Waals surface area contributed by atoms with E-state index in [4.69, 9.17) is 5.11 Å². The third-order valence-electron chi connectivity index (χ3n) is 1.92. The van der Waals surface area contributed by atoms with Crippen molar-refractivity contribution in [2.24, 2.45) is 0 Å². The second-order valence-corrected chi connectivity index (χ2v) is 3.84. The fourth-order valence-corrected chi connectivity index (χ4v) is 1.65. The molecule has 0 aliphatic carbocycles. The highest BCUT2D eigenvalue weighted by Crippen LogP contribution is 2.28. The van der Waals surface area contributed by atoms with Gasteiger partial charge in [0.2, 0.25) is 0 Å². The molecule has 0 aromatic heterocycles. The van der Waals surface area contributed by atoms with Crippen LogP contribution in [-0.2, 0) is 6.61 Å². The van der Waals surface area contributed by atoms with Crippen LogP contribution < -0.4 is 0 Å². The Kier molecular flexibility index (Phi) is 3.76. The Bertz CT molecular complexity index is 247. The maximum Gasteiger partial charge on any atom is 0.0684 e. The van der Waals surface area contributed by atoms with Gasteiger partial charge in [-0.15, -0.1) is 0 Å². The molecule has 1 aromatic rings. The minimum atomic E-state index is 0.123. The van der Waals surface area contributed by atoms with Gasteiger partial charge in [0.1, 0.15) is 0 Å². The maximum atomic E-state index is 9.04. The van der Waals surface area contributed by atoms with Crippen LogP contribution in [0.4, 0.5) is 0 Å². The molecule has 0 spiro atoms. The van der Waals surface area contributed by atoms with E-state index >= 15 is 0 Å². The quantitative estimate of drug-likeness (QED) is 0.790. The molecule has 0 radical (unpaired) electrons. The first-order valence-corrected chi connectivity index (χ1v) is 5.04. The Morgan fingerprint density at radius 2 is 2.08 bits per heavy atom. The predicted octanol–water partition coefficient (Wildman–Crippen LogP) is 3.02. The maximum absolute atomic E-state index is 9.04. The number of alkyl halides is 1. The normalized spacial score (nSPS) is 12.9. The average molecular weight is 229 g/mol. The second-order valence-electron chi connectivity index (χ2n) is 2.73. The summed E-state index contributed by atoms with van der Waals surface area (Å²) in [7, 11) is 0. The third-order valence-corrected chi connectivity index (χ3v) is 3.06. The molecule has 12 heavy (non-hydrogen) atoms. The van der Waals surface area contributed by atoms with Crippen molar-refractivity contribution < 1.29 is 5.11 Å². The molecule has 0 amide bonds. The molecule has 0 aliphatic heterocycles. The summed E-state index contributed by atoms with van der Waals surface area (Å²) in [5.74, 6) is 0. The molecule has 0 bridgehead atoms. The number of halogens is 1. The van der Waals surface area contributed by atoms with E-state index in [0.29, 0.717) is 4.83 Å². The third kappa shape index (κ3) is 2.08. The van der Waals surface area contributed by atoms with Crippen LogP contribution in [0, 0.1) is 0 Å². The second kappa shape index (κ2) is 4.63. The number of aliphatic hydroxyl groups excluding tert-OH is 1. The van der Waals surface area contributed by atoms with Crippen LogP contribution in [0.3, 0.4) is 0 Å². The van der Waals surface area contributed by atoms with Crippen LogP contribution in [0.15, 0.2) is 24.3 Å². The average Bonchev–Trinajstić information content (AvgIpc) is 2.16. The molecule has 1 nitrogen and oxygen atoms in total. The standard InChI is InChI=1S/C10H13BrO/c1-2-10(11)9-6-4-3-5-8(9)7-12/h3-6,10,12H,2,7H2,1H3. The Balaban J connectivity index is 2.96. The van der Waals surface area contributed by atoms with Crippen molar-refractivity contribution in [1.82, 2.24) is 0 Å². The van der Waals surface area contributed by atoms with E-state index in [1.54, 1.807) is 0 Å². The zero-order valence-corrected chi connectivity index (χ0v) is 8.71. The lowest BCUT2D eigenvalue weighted by Gasteiger charge is -2.11. The van der Waals surface area contributed by atoms with E-state index in [9.17, 15) is 0 Å². The minimum Gasteiger partial charge on any atom is -0.392 e. The summed E-state index contributed by atoms with van der Waals surface area (Å²) in [6.07, 6.45) is 1.04. The Morgan fingerprint density at radius 1 is 1.42 bits per heavy atom. The highest BCUT2D eigenvalue weighted by molar-refractivity contribution is 9.09. The van der Waals surface area contributed by atoms with Crippen LogP contribution in [0.5, 0.6) is 0 Å². The van der Waals surface area contributed by atoms with E-state index in [-0.39, 0.29) is 6.61 Å². The monoisotopic (exact) mass is 228 g/mol. The fraction of sp³-hybridized carbons (Fsp3) is 0.400. The minimum absolute atomic E-state index is 0.123. The highest BCUT2D eigenvalue weighted by atomic mass is 79.9. The van der Waals surface area contributed by atoms with Gasteiger partial charge in [0.15, 0.2) is 0 Å². The largest absolute Gasteiger partial charge is 0.392 e. The molecule has 0 fully saturated rings. The van der Waals surface area contributed by atoms with Crippen LogP contribution in [0.2, 0.25) is 0 Å². The van der Waals surface area contributed by atoms with E-state index in [1.807, 2.05) is 18.2 Å². The van der Waals surface area contributed by atoms with Gasteiger partial charge in [-0.1, -0.05) is 47.1 Å². The fourth-order valence-electron chi connectivity index (χ4n) is 1.20. The van der Waals surface area contributed by atoms with Gasteiger partial charge in [-0.25, -0.2) is 0 Å². The van der Waals surface area contributed by atoms with Crippen molar-refractivity contribution in [1.29, 1.82) is 0 Å². The van der Waals surface area contributed by atoms with Gasteiger partial charge < -0.3 is 5.11 Å². The number of benzene rings is 1. The number of rotatable bonds is 3. The summed E-state index contributed by atoms with van der Waals surface area (Å²) in [6, 6.07) is 7.95. The first kappa shape index (κ1) is 9.75. The zero-order valence-electron chi connectivity index (χ0n) is 7.13. The molecule has 1 atom stereocenters. The van der Waals surface area contributed by atoms with Crippen molar-refractivity contribution in [3.63, 3.8) is 0 Å². The summed E-state index contributed by atoms with van der Waals surface area (Å²) < 4.78 is 0. The molecule has 1 N–H and O–H groups in total. The van der Waals surface area contributed by atoms with Crippen LogP contribution in [0.25, 0.3) is 0 Å². The molecular formula is C10H13BrO. The number of hydrogen-bond donors (Lipinski definition) is 1. The lowest BCUT2D eigenvalue weighted by molar-refractivity contribution is 0.280. The van der Waals surface area contributed by atoms with Gasteiger partial charge in [0.25, 0.3) is 0 Å². The van der Waals surface area contributed by atoms with Gasteiger partial charge in [-0.05, 0) is 17.5 Å². The van der Waals surface area contributed by atoms with Crippen molar-refractivity contribution in [2.75, 3.05) is 0 Å². The summed E-state index contributed by atoms with van der Waals surface area (Å²) in [5.41, 5.74) is 2.21. The molecule has 0 saturated carbocycles. The molecule has 0 aliphatic rings. The predicted molar refractivity (Wildman–Crippen MR) is 54.3 cm³/mol. The first-order chi connectivity index (χ1) is 5.79. The lowest BCUT2D eigenvalue weighted by atomic mass is 10.0. The van der Waals surface area contributed by atoms with E-state index in [0.717, 1.165) is 12.0 Å². The van der Waals surface area contributed by atoms with Crippen molar-refractivity contribution >= 4 is 15.9 Å². The molecule has 0 saturated heterocycles. The van der Waals surface area contributed by atoms with Crippen molar-refractivity contribution in [3.8, 4) is 0 Å². The smallest absolute Gasteiger partial charge is 0.0684 e. The summed E-state index contributed by atoms with van der Waals surface area (Å²) in [4.78, 5) is 0.362. The molecule has 0 heterocycles. The molecule has 66 valence electrons. The molecule has 1 aromatic carbocycles. The van der Waals surface area contributed by atoms with Gasteiger partial charge >= 0.3 is 0 Å². The highest BCUT2D eigenvalue weighted by Gasteiger charge is 2.07. The SMILES string of the molecule is CCC(Br)c1ccccc1CO. The van der Waals surface area contributed by atoms with Gasteiger partial charge in [-0.3, -0.25) is 0 Å². The zero-order chi connectivity index (χ0) is 8.97. The van der Waals surface area contributed by atoms with Gasteiger partial charge in [-0.2, -0.15) is 0 Å². The number of aliphatic hydroxyl groups is 1. The van der Waals surface area contributed by atoms with E-state index in [2.05, 4.69) is 28.9 Å². The van der Waals surface area contributed by atoms with E-state index < -0.39 is 0 Å². The lowest BCUT2D eigenvalue weighted by Crippen LogP contribution is -1.95. The number of hydrogen-bond acceptors (Lipinski definition) is 1. The summed E-state index contributed by atoms with van der Waals surface area (Å²) in [6.45, 7) is 2.24. The summed E-state index contributed by atoms with van der Waals surface area (Å²) >= 11 is 3.57. The van der Waals surface area contributed by atoms with Crippen LogP contribution >= 0.6 is 15.9 Å². The van der Waals surface area contributed by atoms with E-state index in [1.165, 1.54) is 5.56 Å². The Morgan fingerprint density at radius 3 is 2.67 bits per heavy atom. The van der Waals surface area contributed by atoms with Crippen LogP contribution in [0.1, 0.15) is 29.3 Å². The molecule has 1 unspecified atom stereocenters. The van der Waals surface area contributed by atoms with Gasteiger partial charge in [0.05, 0.1) is 6.61 Å². The summed E-state index contributed by atoms with van der Waals surface area (Å²) in [5, 5.41) is 9.04. The molecule has 1 rings (SSSR count). The Labute approximate surface area is 81.6 Å². The van der Waals surface area contributed by atoms with Crippen molar-refractivity contribution in [3.05, 3.63) is 35.4 Å². The molecule has 2 heteroatoms. The van der Waals surface area contributed by atoms with Crippen LogP contribution in [-0.4, -0.2) is 5.11 Å². The van der Waals surface area contributed by atoms with Gasteiger partial charge in [0, 0.05) is 4.83 Å².